The van der Waals surface area contributed by atoms with Crippen molar-refractivity contribution in [3.63, 3.8) is 0 Å². The van der Waals surface area contributed by atoms with Gasteiger partial charge in [0.05, 0.1) is 6.04 Å². The summed E-state index contributed by atoms with van der Waals surface area (Å²) >= 11 is 0. The standard InChI is InChI=1S/C15H26N6O2/c1-15(2,3)23-14(22)20-9-6-11(7-10-20)21-8-4-5-12(21)13-16-18-19-17-13/h11-12H,4-10H2,1-3H3,(H,16,17,18,19). The normalized spacial score (nSPS) is 24.1. The van der Waals surface area contributed by atoms with Crippen LogP contribution in [0.15, 0.2) is 0 Å². The molecular weight excluding hydrogens is 296 g/mol. The van der Waals surface area contributed by atoms with Gasteiger partial charge < -0.3 is 9.64 Å². The maximum absolute atomic E-state index is 12.2. The van der Waals surface area contributed by atoms with E-state index in [-0.39, 0.29) is 12.1 Å². The van der Waals surface area contributed by atoms with Crippen molar-refractivity contribution in [3.05, 3.63) is 5.82 Å². The van der Waals surface area contributed by atoms with Crippen LogP contribution in [0.3, 0.4) is 0 Å². The zero-order chi connectivity index (χ0) is 16.4. The molecule has 0 bridgehead atoms. The van der Waals surface area contributed by atoms with Crippen LogP contribution in [0.1, 0.15) is 58.3 Å². The van der Waals surface area contributed by atoms with Crippen LogP contribution in [0.2, 0.25) is 0 Å². The van der Waals surface area contributed by atoms with Crippen LogP contribution in [0.4, 0.5) is 4.79 Å². The number of aromatic amines is 1. The number of nitrogens with one attached hydrogen (secondary N) is 1. The molecule has 1 aromatic rings. The Morgan fingerprint density at radius 3 is 2.57 bits per heavy atom. The molecule has 1 atom stereocenters. The van der Waals surface area contributed by atoms with Gasteiger partial charge in [-0.2, -0.15) is 5.21 Å². The summed E-state index contributed by atoms with van der Waals surface area (Å²) in [5.41, 5.74) is -0.438. The molecule has 8 nitrogen and oxygen atoms in total. The Morgan fingerprint density at radius 2 is 1.96 bits per heavy atom. The molecule has 3 rings (SSSR count). The molecular formula is C15H26N6O2. The lowest BCUT2D eigenvalue weighted by Gasteiger charge is -2.38. The molecule has 128 valence electrons. The molecule has 0 aliphatic carbocycles. The van der Waals surface area contributed by atoms with Gasteiger partial charge in [-0.1, -0.05) is 5.21 Å². The fourth-order valence-corrected chi connectivity index (χ4v) is 3.52. The quantitative estimate of drug-likeness (QED) is 0.892. The van der Waals surface area contributed by atoms with Crippen LogP contribution < -0.4 is 0 Å². The number of tetrazole rings is 1. The summed E-state index contributed by atoms with van der Waals surface area (Å²) in [6.45, 7) is 8.26. The third kappa shape index (κ3) is 3.80. The number of ether oxygens (including phenoxy) is 1. The molecule has 1 aromatic heterocycles. The molecule has 2 fully saturated rings. The molecule has 2 aliphatic rings. The number of amides is 1. The second kappa shape index (κ2) is 6.43. The molecule has 0 saturated carbocycles. The van der Waals surface area contributed by atoms with Crippen molar-refractivity contribution in [1.82, 2.24) is 30.4 Å². The Bertz CT molecular complexity index is 519. The van der Waals surface area contributed by atoms with Gasteiger partial charge in [0, 0.05) is 19.1 Å². The smallest absolute Gasteiger partial charge is 0.410 e. The van der Waals surface area contributed by atoms with Gasteiger partial charge in [0.15, 0.2) is 5.82 Å². The van der Waals surface area contributed by atoms with Crippen molar-refractivity contribution in [1.29, 1.82) is 0 Å². The topological polar surface area (TPSA) is 87.2 Å². The molecule has 23 heavy (non-hydrogen) atoms. The molecule has 1 amide bonds. The SMILES string of the molecule is CC(C)(C)OC(=O)N1CCC(N2CCCC2c2nn[nH]n2)CC1. The summed E-state index contributed by atoms with van der Waals surface area (Å²) in [4.78, 5) is 16.5. The van der Waals surface area contributed by atoms with Gasteiger partial charge in [-0.3, -0.25) is 4.90 Å². The van der Waals surface area contributed by atoms with E-state index in [1.807, 2.05) is 25.7 Å². The summed E-state index contributed by atoms with van der Waals surface area (Å²) in [6, 6.07) is 0.728. The third-order valence-corrected chi connectivity index (χ3v) is 4.54. The number of likely N-dealkylation sites (tertiary alicyclic amines) is 2. The second-order valence-corrected chi connectivity index (χ2v) is 7.36. The zero-order valence-corrected chi connectivity index (χ0v) is 14.2. The highest BCUT2D eigenvalue weighted by molar-refractivity contribution is 5.68. The minimum Gasteiger partial charge on any atom is -0.444 e. The predicted molar refractivity (Wildman–Crippen MR) is 83.7 cm³/mol. The Kier molecular flexibility index (Phi) is 4.52. The summed E-state index contributed by atoms with van der Waals surface area (Å²) in [5, 5.41) is 14.5. The van der Waals surface area contributed by atoms with Gasteiger partial charge in [-0.05, 0) is 53.0 Å². The third-order valence-electron chi connectivity index (χ3n) is 4.54. The van der Waals surface area contributed by atoms with Gasteiger partial charge in [-0.15, -0.1) is 10.2 Å². The second-order valence-electron chi connectivity index (χ2n) is 7.36. The highest BCUT2D eigenvalue weighted by Gasteiger charge is 2.36. The number of carbonyl (C=O) groups excluding carboxylic acids is 1. The van der Waals surface area contributed by atoms with Crippen molar-refractivity contribution < 1.29 is 9.53 Å². The zero-order valence-electron chi connectivity index (χ0n) is 14.2. The van der Waals surface area contributed by atoms with E-state index in [1.54, 1.807) is 0 Å². The van der Waals surface area contributed by atoms with E-state index in [0.29, 0.717) is 6.04 Å². The number of rotatable bonds is 2. The van der Waals surface area contributed by atoms with Gasteiger partial charge in [0.1, 0.15) is 5.60 Å². The summed E-state index contributed by atoms with van der Waals surface area (Å²) in [6.07, 6.45) is 3.96. The Labute approximate surface area is 136 Å². The minimum absolute atomic E-state index is 0.202. The molecule has 0 spiro atoms. The number of hydrogen-bond donors (Lipinski definition) is 1. The van der Waals surface area contributed by atoms with E-state index in [1.165, 1.54) is 0 Å². The lowest BCUT2D eigenvalue weighted by atomic mass is 10.0. The van der Waals surface area contributed by atoms with Crippen molar-refractivity contribution in [3.8, 4) is 0 Å². The molecule has 3 heterocycles. The fourth-order valence-electron chi connectivity index (χ4n) is 3.52. The summed E-state index contributed by atoms with van der Waals surface area (Å²) in [5.74, 6) is 0.789. The largest absolute Gasteiger partial charge is 0.444 e. The predicted octanol–water partition coefficient (Wildman–Crippen LogP) is 1.74. The maximum Gasteiger partial charge on any atom is 0.410 e. The lowest BCUT2D eigenvalue weighted by Crippen LogP contribution is -2.47. The van der Waals surface area contributed by atoms with Gasteiger partial charge in [0.2, 0.25) is 0 Å². The number of aromatic nitrogens is 4. The fraction of sp³-hybridized carbons (Fsp3) is 0.867. The summed E-state index contributed by atoms with van der Waals surface area (Å²) in [7, 11) is 0. The average molecular weight is 322 g/mol. The van der Waals surface area contributed by atoms with Crippen molar-refractivity contribution >= 4 is 6.09 Å². The van der Waals surface area contributed by atoms with E-state index < -0.39 is 5.60 Å². The molecule has 0 aromatic carbocycles. The monoisotopic (exact) mass is 322 g/mol. The molecule has 0 radical (unpaired) electrons. The van der Waals surface area contributed by atoms with Crippen LogP contribution in [0, 0.1) is 0 Å². The summed E-state index contributed by atoms with van der Waals surface area (Å²) < 4.78 is 5.46. The van der Waals surface area contributed by atoms with E-state index in [2.05, 4.69) is 25.5 Å². The van der Waals surface area contributed by atoms with E-state index in [4.69, 9.17) is 4.74 Å². The molecule has 1 N–H and O–H groups in total. The number of nitrogens with zero attached hydrogens (tertiary/aromatic N) is 5. The number of hydrogen-bond acceptors (Lipinski definition) is 6. The molecule has 2 aliphatic heterocycles. The van der Waals surface area contributed by atoms with E-state index >= 15 is 0 Å². The highest BCUT2D eigenvalue weighted by atomic mass is 16.6. The minimum atomic E-state index is -0.438. The maximum atomic E-state index is 12.2. The Morgan fingerprint density at radius 1 is 1.22 bits per heavy atom. The first-order valence-corrected chi connectivity index (χ1v) is 8.41. The van der Waals surface area contributed by atoms with Crippen LogP contribution in [-0.2, 0) is 4.74 Å². The van der Waals surface area contributed by atoms with E-state index in [9.17, 15) is 4.79 Å². The van der Waals surface area contributed by atoms with Gasteiger partial charge in [0.25, 0.3) is 0 Å². The van der Waals surface area contributed by atoms with Gasteiger partial charge in [-0.25, -0.2) is 4.79 Å². The van der Waals surface area contributed by atoms with E-state index in [0.717, 1.165) is 51.1 Å². The van der Waals surface area contributed by atoms with Crippen molar-refractivity contribution in [2.75, 3.05) is 19.6 Å². The number of carbonyl (C=O) groups is 1. The molecule has 2 saturated heterocycles. The first-order valence-electron chi connectivity index (χ1n) is 8.41. The number of H-pyrrole nitrogens is 1. The highest BCUT2D eigenvalue weighted by Crippen LogP contribution is 2.34. The van der Waals surface area contributed by atoms with Crippen molar-refractivity contribution in [2.45, 2.75) is 64.1 Å². The van der Waals surface area contributed by atoms with Crippen molar-refractivity contribution in [2.24, 2.45) is 0 Å². The molecule has 1 unspecified atom stereocenters. The number of piperidine rings is 1. The van der Waals surface area contributed by atoms with Crippen LogP contribution in [-0.4, -0.2) is 67.8 Å². The van der Waals surface area contributed by atoms with Crippen LogP contribution >= 0.6 is 0 Å². The Balaban J connectivity index is 1.55. The van der Waals surface area contributed by atoms with Gasteiger partial charge >= 0.3 is 6.09 Å². The molecule has 8 heteroatoms. The average Bonchev–Trinajstić information content (AvgIpc) is 3.16. The Hall–Kier alpha value is -1.70. The van der Waals surface area contributed by atoms with Crippen LogP contribution in [0.25, 0.3) is 0 Å². The van der Waals surface area contributed by atoms with Crippen LogP contribution in [0.5, 0.6) is 0 Å². The lowest BCUT2D eigenvalue weighted by molar-refractivity contribution is 0.0132. The first-order chi connectivity index (χ1) is 10.9. The first kappa shape index (κ1) is 16.2.